The van der Waals surface area contributed by atoms with E-state index in [4.69, 9.17) is 5.73 Å². The summed E-state index contributed by atoms with van der Waals surface area (Å²) in [5, 5.41) is 0. The van der Waals surface area contributed by atoms with Crippen molar-refractivity contribution in [2.45, 2.75) is 23.8 Å². The zero-order chi connectivity index (χ0) is 13.3. The molecule has 7 heteroatoms. The third kappa shape index (κ3) is 3.28. The van der Waals surface area contributed by atoms with Crippen molar-refractivity contribution < 1.29 is 12.8 Å². The average Bonchev–Trinajstić information content (AvgIpc) is 3.13. The largest absolute Gasteiger partial charge is 0.326 e. The fourth-order valence-corrected chi connectivity index (χ4v) is 3.70. The Balaban J connectivity index is 2.11. The number of nitrogens with one attached hydrogen (secondary N) is 1. The second-order valence-corrected chi connectivity index (χ2v) is 7.02. The number of sulfonamides is 1. The summed E-state index contributed by atoms with van der Waals surface area (Å²) in [6, 6.07) is 3.37. The van der Waals surface area contributed by atoms with Crippen molar-refractivity contribution in [1.82, 2.24) is 4.72 Å². The van der Waals surface area contributed by atoms with Gasteiger partial charge in [-0.05, 0) is 52.9 Å². The van der Waals surface area contributed by atoms with Crippen molar-refractivity contribution in [1.29, 1.82) is 0 Å². The summed E-state index contributed by atoms with van der Waals surface area (Å²) < 4.78 is 39.8. The topological polar surface area (TPSA) is 72.2 Å². The molecule has 0 aliphatic heterocycles. The van der Waals surface area contributed by atoms with E-state index in [9.17, 15) is 12.8 Å². The minimum absolute atomic E-state index is 0.106. The van der Waals surface area contributed by atoms with Crippen molar-refractivity contribution in [2.24, 2.45) is 11.7 Å². The predicted octanol–water partition coefficient (Wildman–Crippen LogP) is 1.60. The first-order valence-electron chi connectivity index (χ1n) is 5.60. The molecule has 2 rings (SSSR count). The van der Waals surface area contributed by atoms with Gasteiger partial charge in [0.25, 0.3) is 0 Å². The molecule has 1 aliphatic rings. The molecule has 0 bridgehead atoms. The van der Waals surface area contributed by atoms with Gasteiger partial charge in [0, 0.05) is 17.1 Å². The lowest BCUT2D eigenvalue weighted by molar-refractivity contribution is 0.546. The fourth-order valence-electron chi connectivity index (χ4n) is 1.66. The van der Waals surface area contributed by atoms with Crippen molar-refractivity contribution >= 4 is 26.0 Å². The standard InChI is InChI=1S/C11H14BrFN2O2S/c12-9-4-3-8(13)5-11(9)18(16,17)15-6-10(14)7-1-2-7/h3-5,7,10,15H,1-2,6,14H2. The van der Waals surface area contributed by atoms with Gasteiger partial charge in [0.2, 0.25) is 10.0 Å². The Morgan fingerprint density at radius 1 is 1.50 bits per heavy atom. The van der Waals surface area contributed by atoms with Gasteiger partial charge in [0.15, 0.2) is 0 Å². The molecule has 0 saturated heterocycles. The first-order chi connectivity index (χ1) is 8.40. The SMILES string of the molecule is NC(CNS(=O)(=O)c1cc(F)ccc1Br)C1CC1. The molecule has 3 N–H and O–H groups in total. The fraction of sp³-hybridized carbons (Fsp3) is 0.455. The first kappa shape index (κ1) is 13.9. The summed E-state index contributed by atoms with van der Waals surface area (Å²) in [5.74, 6) is -0.186. The third-order valence-electron chi connectivity index (χ3n) is 2.92. The van der Waals surface area contributed by atoms with Crippen LogP contribution in [0.15, 0.2) is 27.6 Å². The van der Waals surface area contributed by atoms with Gasteiger partial charge in [-0.2, -0.15) is 0 Å². The van der Waals surface area contributed by atoms with Crippen molar-refractivity contribution in [2.75, 3.05) is 6.54 Å². The van der Waals surface area contributed by atoms with Gasteiger partial charge in [-0.3, -0.25) is 0 Å². The lowest BCUT2D eigenvalue weighted by atomic mass is 10.2. The molecule has 0 radical (unpaired) electrons. The summed E-state index contributed by atoms with van der Waals surface area (Å²) in [6.07, 6.45) is 2.10. The Morgan fingerprint density at radius 2 is 2.17 bits per heavy atom. The molecular formula is C11H14BrFN2O2S. The minimum Gasteiger partial charge on any atom is -0.326 e. The third-order valence-corrected chi connectivity index (χ3v) is 5.34. The highest BCUT2D eigenvalue weighted by molar-refractivity contribution is 9.10. The molecule has 18 heavy (non-hydrogen) atoms. The smallest absolute Gasteiger partial charge is 0.241 e. The molecule has 0 aromatic heterocycles. The minimum atomic E-state index is -3.73. The summed E-state index contributed by atoms with van der Waals surface area (Å²) in [7, 11) is -3.73. The maximum atomic E-state index is 13.1. The maximum Gasteiger partial charge on any atom is 0.241 e. The van der Waals surface area contributed by atoms with Crippen LogP contribution in [-0.2, 0) is 10.0 Å². The Bertz CT molecular complexity index is 546. The quantitative estimate of drug-likeness (QED) is 0.857. The van der Waals surface area contributed by atoms with E-state index < -0.39 is 15.8 Å². The zero-order valence-electron chi connectivity index (χ0n) is 9.57. The molecule has 1 aliphatic carbocycles. The number of hydrogen-bond acceptors (Lipinski definition) is 3. The highest BCUT2D eigenvalue weighted by Gasteiger charge is 2.29. The Kier molecular flexibility index (Phi) is 4.05. The van der Waals surface area contributed by atoms with Gasteiger partial charge in [-0.1, -0.05) is 0 Å². The molecular weight excluding hydrogens is 323 g/mol. The lowest BCUT2D eigenvalue weighted by Crippen LogP contribution is -2.38. The van der Waals surface area contributed by atoms with Crippen LogP contribution in [0.3, 0.4) is 0 Å². The number of nitrogens with two attached hydrogens (primary N) is 1. The van der Waals surface area contributed by atoms with Crippen LogP contribution in [0.5, 0.6) is 0 Å². The van der Waals surface area contributed by atoms with Crippen LogP contribution < -0.4 is 10.5 Å². The van der Waals surface area contributed by atoms with Crippen LogP contribution in [0.2, 0.25) is 0 Å². The van der Waals surface area contributed by atoms with Crippen LogP contribution in [0.25, 0.3) is 0 Å². The van der Waals surface area contributed by atoms with Crippen molar-refractivity contribution in [3.63, 3.8) is 0 Å². The Hall–Kier alpha value is -0.500. The Labute approximate surface area is 114 Å². The predicted molar refractivity (Wildman–Crippen MR) is 70.0 cm³/mol. The zero-order valence-corrected chi connectivity index (χ0v) is 12.0. The van der Waals surface area contributed by atoms with E-state index in [1.807, 2.05) is 0 Å². The second-order valence-electron chi connectivity index (χ2n) is 4.43. The van der Waals surface area contributed by atoms with Crippen LogP contribution in [-0.4, -0.2) is 21.0 Å². The van der Waals surface area contributed by atoms with Gasteiger partial charge in [0.05, 0.1) is 4.90 Å². The van der Waals surface area contributed by atoms with E-state index in [2.05, 4.69) is 20.7 Å². The number of rotatable bonds is 5. The van der Waals surface area contributed by atoms with Gasteiger partial charge in [-0.15, -0.1) is 0 Å². The summed E-state index contributed by atoms with van der Waals surface area (Å²) >= 11 is 3.10. The normalized spacial score (nSPS) is 17.7. The highest BCUT2D eigenvalue weighted by Crippen LogP contribution is 2.31. The van der Waals surface area contributed by atoms with Crippen LogP contribution in [0, 0.1) is 11.7 Å². The van der Waals surface area contributed by atoms with Gasteiger partial charge in [-0.25, -0.2) is 17.5 Å². The number of halogens is 2. The van der Waals surface area contributed by atoms with Crippen LogP contribution in [0.4, 0.5) is 4.39 Å². The van der Waals surface area contributed by atoms with E-state index in [1.54, 1.807) is 0 Å². The summed E-state index contributed by atoms with van der Waals surface area (Å²) in [5.41, 5.74) is 5.82. The van der Waals surface area contributed by atoms with E-state index in [-0.39, 0.29) is 17.5 Å². The first-order valence-corrected chi connectivity index (χ1v) is 7.88. The van der Waals surface area contributed by atoms with E-state index in [0.29, 0.717) is 10.4 Å². The lowest BCUT2D eigenvalue weighted by Gasteiger charge is -2.13. The summed E-state index contributed by atoms with van der Waals surface area (Å²) in [6.45, 7) is 0.177. The molecule has 1 fully saturated rings. The molecule has 1 unspecified atom stereocenters. The maximum absolute atomic E-state index is 13.1. The monoisotopic (exact) mass is 336 g/mol. The average molecular weight is 337 g/mol. The van der Waals surface area contributed by atoms with Gasteiger partial charge in [0.1, 0.15) is 5.82 Å². The number of benzene rings is 1. The number of hydrogen-bond donors (Lipinski definition) is 2. The Morgan fingerprint density at radius 3 is 2.78 bits per heavy atom. The van der Waals surface area contributed by atoms with Crippen molar-refractivity contribution in [3.05, 3.63) is 28.5 Å². The van der Waals surface area contributed by atoms with Crippen molar-refractivity contribution in [3.8, 4) is 0 Å². The molecule has 1 aromatic carbocycles. The molecule has 0 spiro atoms. The van der Waals surface area contributed by atoms with Gasteiger partial charge >= 0.3 is 0 Å². The molecule has 0 heterocycles. The highest BCUT2D eigenvalue weighted by atomic mass is 79.9. The van der Waals surface area contributed by atoms with E-state index >= 15 is 0 Å². The molecule has 100 valence electrons. The van der Waals surface area contributed by atoms with Gasteiger partial charge < -0.3 is 5.73 Å². The second kappa shape index (κ2) is 5.24. The molecule has 1 saturated carbocycles. The molecule has 0 amide bonds. The molecule has 4 nitrogen and oxygen atoms in total. The van der Waals surface area contributed by atoms with Crippen LogP contribution >= 0.6 is 15.9 Å². The molecule has 1 aromatic rings. The molecule has 1 atom stereocenters. The summed E-state index contributed by atoms with van der Waals surface area (Å²) in [4.78, 5) is -0.106. The van der Waals surface area contributed by atoms with E-state index in [0.717, 1.165) is 18.9 Å². The van der Waals surface area contributed by atoms with E-state index in [1.165, 1.54) is 12.1 Å². The van der Waals surface area contributed by atoms with Crippen LogP contribution in [0.1, 0.15) is 12.8 Å².